The molecule has 0 atom stereocenters. The Morgan fingerprint density at radius 1 is 1.33 bits per heavy atom. The first-order chi connectivity index (χ1) is 7.18. The molecule has 1 saturated heterocycles. The van der Waals surface area contributed by atoms with Crippen molar-refractivity contribution in [3.05, 3.63) is 24.3 Å². The van der Waals surface area contributed by atoms with Gasteiger partial charge in [0.15, 0.2) is 0 Å². The zero-order valence-electron chi connectivity index (χ0n) is 7.83. The largest absolute Gasteiger partial charge is 0.481 e. The van der Waals surface area contributed by atoms with E-state index in [0.717, 1.165) is 0 Å². The minimum Gasteiger partial charge on any atom is -0.481 e. The van der Waals surface area contributed by atoms with E-state index >= 15 is 0 Å². The molecule has 0 bridgehead atoms. The molecule has 1 aliphatic heterocycles. The quantitative estimate of drug-likeness (QED) is 0.715. The number of carboxylic acid groups (broad SMARTS) is 1. The Hall–Kier alpha value is -1.98. The lowest BCUT2D eigenvalue weighted by atomic mass is 10.00. The molecule has 6 heteroatoms. The molecule has 0 spiro atoms. The van der Waals surface area contributed by atoms with Gasteiger partial charge >= 0.3 is 5.97 Å². The van der Waals surface area contributed by atoms with Gasteiger partial charge in [-0.15, -0.1) is 0 Å². The average molecular weight is 207 g/mol. The second-order valence-electron chi connectivity index (χ2n) is 3.37. The molecule has 0 radical (unpaired) electrons. The highest BCUT2D eigenvalue weighted by atomic mass is 16.4. The summed E-state index contributed by atoms with van der Waals surface area (Å²) in [5.74, 6) is -1.50. The molecule has 1 aliphatic rings. The molecule has 1 aromatic rings. The maximum atomic E-state index is 11.6. The lowest BCUT2D eigenvalue weighted by Gasteiger charge is -2.36. The fourth-order valence-electron chi connectivity index (χ4n) is 1.39. The SMILES string of the molecule is O=C(O)C1CN(C(=O)c2cncnc2)C1. The summed E-state index contributed by atoms with van der Waals surface area (Å²) >= 11 is 0. The number of aromatic nitrogens is 2. The lowest BCUT2D eigenvalue weighted by Crippen LogP contribution is -2.53. The van der Waals surface area contributed by atoms with Gasteiger partial charge in [-0.25, -0.2) is 9.97 Å². The van der Waals surface area contributed by atoms with Gasteiger partial charge in [-0.1, -0.05) is 0 Å². The van der Waals surface area contributed by atoms with Crippen LogP contribution in [0.4, 0.5) is 0 Å². The minimum absolute atomic E-state index is 0.215. The van der Waals surface area contributed by atoms with Crippen LogP contribution in [0.3, 0.4) is 0 Å². The number of rotatable bonds is 2. The zero-order valence-corrected chi connectivity index (χ0v) is 7.83. The number of carbonyl (C=O) groups excluding carboxylic acids is 1. The van der Waals surface area contributed by atoms with E-state index in [1.54, 1.807) is 0 Å². The highest BCUT2D eigenvalue weighted by molar-refractivity contribution is 5.95. The summed E-state index contributed by atoms with van der Waals surface area (Å²) < 4.78 is 0. The first kappa shape index (κ1) is 9.57. The number of carbonyl (C=O) groups is 2. The molecular formula is C9H9N3O3. The van der Waals surface area contributed by atoms with Gasteiger partial charge in [0.1, 0.15) is 6.33 Å². The number of hydrogen-bond donors (Lipinski definition) is 1. The third-order valence-corrected chi connectivity index (χ3v) is 2.33. The van der Waals surface area contributed by atoms with Crippen LogP contribution in [0.5, 0.6) is 0 Å². The Balaban J connectivity index is 1.98. The average Bonchev–Trinajstić information content (AvgIpc) is 2.16. The lowest BCUT2D eigenvalue weighted by molar-refractivity contribution is -0.146. The van der Waals surface area contributed by atoms with Crippen LogP contribution in [0.15, 0.2) is 18.7 Å². The maximum Gasteiger partial charge on any atom is 0.310 e. The molecule has 1 fully saturated rings. The van der Waals surface area contributed by atoms with Gasteiger partial charge < -0.3 is 10.0 Å². The van der Waals surface area contributed by atoms with Crippen molar-refractivity contribution in [3.8, 4) is 0 Å². The smallest absolute Gasteiger partial charge is 0.310 e. The van der Waals surface area contributed by atoms with Crippen LogP contribution in [0.25, 0.3) is 0 Å². The fraction of sp³-hybridized carbons (Fsp3) is 0.333. The zero-order chi connectivity index (χ0) is 10.8. The summed E-state index contributed by atoms with van der Waals surface area (Å²) in [6, 6.07) is 0. The summed E-state index contributed by atoms with van der Waals surface area (Å²) in [6.07, 6.45) is 4.18. The van der Waals surface area contributed by atoms with Crippen molar-refractivity contribution >= 4 is 11.9 Å². The second-order valence-corrected chi connectivity index (χ2v) is 3.37. The number of likely N-dealkylation sites (tertiary alicyclic amines) is 1. The van der Waals surface area contributed by atoms with E-state index in [1.807, 2.05) is 0 Å². The first-order valence-electron chi connectivity index (χ1n) is 4.45. The van der Waals surface area contributed by atoms with Crippen molar-refractivity contribution in [1.29, 1.82) is 0 Å². The normalized spacial score (nSPS) is 15.9. The van der Waals surface area contributed by atoms with E-state index in [-0.39, 0.29) is 19.0 Å². The second kappa shape index (κ2) is 3.64. The van der Waals surface area contributed by atoms with E-state index in [4.69, 9.17) is 5.11 Å². The van der Waals surface area contributed by atoms with E-state index in [0.29, 0.717) is 5.56 Å². The fourth-order valence-corrected chi connectivity index (χ4v) is 1.39. The van der Waals surface area contributed by atoms with Crippen LogP contribution in [0.2, 0.25) is 0 Å². The topological polar surface area (TPSA) is 83.4 Å². The van der Waals surface area contributed by atoms with E-state index in [2.05, 4.69) is 9.97 Å². The molecule has 2 rings (SSSR count). The van der Waals surface area contributed by atoms with Crippen LogP contribution in [-0.4, -0.2) is 44.9 Å². The van der Waals surface area contributed by atoms with Gasteiger partial charge in [-0.05, 0) is 0 Å². The molecule has 1 N–H and O–H groups in total. The van der Waals surface area contributed by atoms with Gasteiger partial charge in [0.05, 0.1) is 11.5 Å². The summed E-state index contributed by atoms with van der Waals surface area (Å²) in [4.78, 5) is 31.1. The number of aliphatic carboxylic acids is 1. The number of nitrogens with zero attached hydrogens (tertiary/aromatic N) is 3. The number of carboxylic acids is 1. The van der Waals surface area contributed by atoms with E-state index < -0.39 is 11.9 Å². The minimum atomic E-state index is -0.858. The summed E-state index contributed by atoms with van der Waals surface area (Å²) in [5, 5.41) is 8.64. The molecule has 0 saturated carbocycles. The van der Waals surface area contributed by atoms with Crippen molar-refractivity contribution in [3.63, 3.8) is 0 Å². The first-order valence-corrected chi connectivity index (χ1v) is 4.45. The maximum absolute atomic E-state index is 11.6. The Morgan fingerprint density at radius 2 is 1.93 bits per heavy atom. The van der Waals surface area contributed by atoms with Gasteiger partial charge in [-0.2, -0.15) is 0 Å². The molecule has 0 aromatic carbocycles. The van der Waals surface area contributed by atoms with Crippen LogP contribution in [-0.2, 0) is 4.79 Å². The Kier molecular flexibility index (Phi) is 2.32. The third kappa shape index (κ3) is 1.78. The standard InChI is InChI=1S/C9H9N3O3/c13-8(6-1-10-5-11-2-6)12-3-7(4-12)9(14)15/h1-2,5,7H,3-4H2,(H,14,15). The van der Waals surface area contributed by atoms with Crippen LogP contribution in [0, 0.1) is 5.92 Å². The number of hydrogen-bond acceptors (Lipinski definition) is 4. The molecule has 6 nitrogen and oxygen atoms in total. The molecule has 2 heterocycles. The van der Waals surface area contributed by atoms with E-state index in [1.165, 1.54) is 23.6 Å². The molecule has 0 aliphatic carbocycles. The monoisotopic (exact) mass is 207 g/mol. The van der Waals surface area contributed by atoms with Crippen molar-refractivity contribution < 1.29 is 14.7 Å². The Bertz CT molecular complexity index is 387. The van der Waals surface area contributed by atoms with Crippen LogP contribution >= 0.6 is 0 Å². The van der Waals surface area contributed by atoms with Crippen LogP contribution in [0.1, 0.15) is 10.4 Å². The molecular weight excluding hydrogens is 198 g/mol. The highest BCUT2D eigenvalue weighted by Crippen LogP contribution is 2.17. The molecule has 1 aromatic heterocycles. The molecule has 1 amide bonds. The van der Waals surface area contributed by atoms with Crippen molar-refractivity contribution in [2.24, 2.45) is 5.92 Å². The summed E-state index contributed by atoms with van der Waals surface area (Å²) in [6.45, 7) is 0.534. The summed E-state index contributed by atoms with van der Waals surface area (Å²) in [5.41, 5.74) is 0.390. The molecule has 0 unspecified atom stereocenters. The van der Waals surface area contributed by atoms with Crippen LogP contribution < -0.4 is 0 Å². The highest BCUT2D eigenvalue weighted by Gasteiger charge is 2.35. The van der Waals surface area contributed by atoms with Gasteiger partial charge in [-0.3, -0.25) is 9.59 Å². The van der Waals surface area contributed by atoms with Crippen molar-refractivity contribution in [1.82, 2.24) is 14.9 Å². The third-order valence-electron chi connectivity index (χ3n) is 2.33. The summed E-state index contributed by atoms with van der Waals surface area (Å²) in [7, 11) is 0. The predicted molar refractivity (Wildman–Crippen MR) is 49.1 cm³/mol. The van der Waals surface area contributed by atoms with Crippen molar-refractivity contribution in [2.75, 3.05) is 13.1 Å². The van der Waals surface area contributed by atoms with Gasteiger partial charge in [0.2, 0.25) is 0 Å². The van der Waals surface area contributed by atoms with Gasteiger partial charge in [0, 0.05) is 25.5 Å². The predicted octanol–water partition coefficient (Wildman–Crippen LogP) is -0.367. The Morgan fingerprint density at radius 3 is 2.47 bits per heavy atom. The van der Waals surface area contributed by atoms with Gasteiger partial charge in [0.25, 0.3) is 5.91 Å². The number of amides is 1. The molecule has 15 heavy (non-hydrogen) atoms. The van der Waals surface area contributed by atoms with E-state index in [9.17, 15) is 9.59 Å². The molecule has 78 valence electrons. The van der Waals surface area contributed by atoms with Crippen molar-refractivity contribution in [2.45, 2.75) is 0 Å². The Labute approximate surface area is 85.6 Å².